The Hall–Kier alpha value is -2.80. The van der Waals surface area contributed by atoms with Gasteiger partial charge < -0.3 is 9.47 Å². The van der Waals surface area contributed by atoms with E-state index in [9.17, 15) is 4.79 Å². The maximum absolute atomic E-state index is 12.1. The molecule has 27 heavy (non-hydrogen) atoms. The van der Waals surface area contributed by atoms with Crippen LogP contribution in [0.1, 0.15) is 29.3 Å². The topological polar surface area (TPSA) is 71.9 Å². The zero-order valence-electron chi connectivity index (χ0n) is 15.9. The van der Waals surface area contributed by atoms with Crippen LogP contribution in [0.2, 0.25) is 0 Å². The first-order chi connectivity index (χ1) is 13.1. The number of nitrogens with one attached hydrogen (secondary N) is 1. The van der Waals surface area contributed by atoms with Gasteiger partial charge in [0.2, 0.25) is 0 Å². The molecular weight excluding hydrogens is 344 g/mol. The standard InChI is InChI=1S/C20H24N4O3/c1-13-8-20(25)24-19(21-13)10-17(22-24)14-6-7-23(11-14)12-15-4-5-16(26-2)9-18(15)27-3/h4-5,8-10,14,22H,6-7,11-12H2,1-3H3/t14-/m1/s1. The molecule has 0 aliphatic carbocycles. The van der Waals surface area contributed by atoms with E-state index in [1.165, 1.54) is 4.52 Å². The molecule has 0 unspecified atom stereocenters. The molecule has 3 heterocycles. The van der Waals surface area contributed by atoms with Crippen molar-refractivity contribution in [1.29, 1.82) is 0 Å². The molecule has 7 nitrogen and oxygen atoms in total. The minimum atomic E-state index is -0.0680. The summed E-state index contributed by atoms with van der Waals surface area (Å²) in [6, 6.07) is 9.48. The van der Waals surface area contributed by atoms with Gasteiger partial charge in [0.15, 0.2) is 5.65 Å². The zero-order chi connectivity index (χ0) is 19.0. The lowest BCUT2D eigenvalue weighted by Gasteiger charge is -2.18. The summed E-state index contributed by atoms with van der Waals surface area (Å²) in [4.78, 5) is 19.0. The number of fused-ring (bicyclic) bond motifs is 1. The second kappa shape index (κ2) is 7.08. The number of aryl methyl sites for hydroxylation is 1. The Kier molecular flexibility index (Phi) is 4.61. The number of benzene rings is 1. The van der Waals surface area contributed by atoms with Crippen LogP contribution in [0.4, 0.5) is 0 Å². The molecule has 0 saturated carbocycles. The highest BCUT2D eigenvalue weighted by atomic mass is 16.5. The van der Waals surface area contributed by atoms with Gasteiger partial charge in [0.1, 0.15) is 11.5 Å². The molecule has 1 fully saturated rings. The summed E-state index contributed by atoms with van der Waals surface area (Å²) in [5, 5.41) is 3.23. The number of aromatic amines is 1. The van der Waals surface area contributed by atoms with Gasteiger partial charge in [-0.3, -0.25) is 14.8 Å². The molecule has 2 aromatic heterocycles. The van der Waals surface area contributed by atoms with Gasteiger partial charge in [-0.1, -0.05) is 6.07 Å². The first kappa shape index (κ1) is 17.6. The van der Waals surface area contributed by atoms with Crippen molar-refractivity contribution >= 4 is 5.65 Å². The summed E-state index contributed by atoms with van der Waals surface area (Å²) in [6.45, 7) is 4.58. The normalized spacial score (nSPS) is 17.5. The number of ether oxygens (including phenoxy) is 2. The summed E-state index contributed by atoms with van der Waals surface area (Å²) < 4.78 is 12.3. The van der Waals surface area contributed by atoms with E-state index in [0.29, 0.717) is 11.6 Å². The monoisotopic (exact) mass is 368 g/mol. The second-order valence-corrected chi connectivity index (χ2v) is 7.04. The van der Waals surface area contributed by atoms with Gasteiger partial charge in [0, 0.05) is 54.2 Å². The summed E-state index contributed by atoms with van der Waals surface area (Å²) in [5.41, 5.74) is 3.57. The number of rotatable bonds is 5. The first-order valence-corrected chi connectivity index (χ1v) is 9.10. The molecule has 1 saturated heterocycles. The molecule has 0 radical (unpaired) electrons. The third-order valence-corrected chi connectivity index (χ3v) is 5.20. The third kappa shape index (κ3) is 3.42. The Bertz CT molecular complexity index is 1020. The SMILES string of the molecule is COc1ccc(CN2CC[C@@H](c3cc4nc(C)cc(=O)n4[nH]3)C2)c(OC)c1. The van der Waals surface area contributed by atoms with E-state index in [-0.39, 0.29) is 5.56 Å². The summed E-state index contributed by atoms with van der Waals surface area (Å²) >= 11 is 0. The van der Waals surface area contributed by atoms with Gasteiger partial charge in [-0.2, -0.15) is 0 Å². The van der Waals surface area contributed by atoms with E-state index in [4.69, 9.17) is 9.47 Å². The number of likely N-dealkylation sites (tertiary alicyclic amines) is 1. The lowest BCUT2D eigenvalue weighted by Crippen LogP contribution is -2.20. The number of methoxy groups -OCH3 is 2. The van der Waals surface area contributed by atoms with Crippen LogP contribution < -0.4 is 15.0 Å². The Balaban J connectivity index is 1.51. The molecule has 142 valence electrons. The fourth-order valence-corrected chi connectivity index (χ4v) is 3.79. The smallest absolute Gasteiger partial charge is 0.272 e. The highest BCUT2D eigenvalue weighted by Gasteiger charge is 2.26. The van der Waals surface area contributed by atoms with Gasteiger partial charge in [-0.25, -0.2) is 9.50 Å². The number of hydrogen-bond acceptors (Lipinski definition) is 5. The molecule has 1 aromatic carbocycles. The van der Waals surface area contributed by atoms with Crippen LogP contribution in [-0.4, -0.2) is 46.8 Å². The van der Waals surface area contributed by atoms with Crippen LogP contribution in [0.5, 0.6) is 11.5 Å². The highest BCUT2D eigenvalue weighted by molar-refractivity contribution is 5.42. The second-order valence-electron chi connectivity index (χ2n) is 7.04. The van der Waals surface area contributed by atoms with Crippen LogP contribution in [0.15, 0.2) is 35.1 Å². The van der Waals surface area contributed by atoms with E-state index in [1.54, 1.807) is 20.3 Å². The van der Waals surface area contributed by atoms with E-state index in [1.807, 2.05) is 25.1 Å². The van der Waals surface area contributed by atoms with Crippen LogP contribution in [0.25, 0.3) is 5.65 Å². The quantitative estimate of drug-likeness (QED) is 0.748. The van der Waals surface area contributed by atoms with Crippen molar-refractivity contribution in [3.8, 4) is 11.5 Å². The fraction of sp³-hybridized carbons (Fsp3) is 0.400. The van der Waals surface area contributed by atoms with Gasteiger partial charge in [-0.15, -0.1) is 0 Å². The molecule has 4 rings (SSSR count). The molecule has 1 aliphatic heterocycles. The van der Waals surface area contributed by atoms with Gasteiger partial charge in [-0.05, 0) is 26.0 Å². The van der Waals surface area contributed by atoms with Crippen LogP contribution >= 0.6 is 0 Å². The van der Waals surface area contributed by atoms with Gasteiger partial charge in [0.05, 0.1) is 14.2 Å². The minimum Gasteiger partial charge on any atom is -0.497 e. The van der Waals surface area contributed by atoms with E-state index in [2.05, 4.69) is 21.0 Å². The number of nitrogens with zero attached hydrogens (tertiary/aromatic N) is 3. The molecule has 0 spiro atoms. The average Bonchev–Trinajstić information content (AvgIpc) is 3.29. The molecule has 0 amide bonds. The molecule has 0 bridgehead atoms. The first-order valence-electron chi connectivity index (χ1n) is 9.10. The maximum atomic E-state index is 12.1. The summed E-state index contributed by atoms with van der Waals surface area (Å²) in [5.74, 6) is 1.99. The molecule has 1 atom stereocenters. The van der Waals surface area contributed by atoms with E-state index < -0.39 is 0 Å². The van der Waals surface area contributed by atoms with Crippen molar-refractivity contribution < 1.29 is 9.47 Å². The average molecular weight is 368 g/mol. The fourth-order valence-electron chi connectivity index (χ4n) is 3.79. The van der Waals surface area contributed by atoms with Crippen LogP contribution in [0, 0.1) is 6.92 Å². The van der Waals surface area contributed by atoms with Crippen LogP contribution in [0.3, 0.4) is 0 Å². The lowest BCUT2D eigenvalue weighted by molar-refractivity contribution is 0.315. The molecule has 1 aliphatic rings. The molecular formula is C20H24N4O3. The zero-order valence-corrected chi connectivity index (χ0v) is 15.9. The van der Waals surface area contributed by atoms with Crippen molar-refractivity contribution in [2.75, 3.05) is 27.3 Å². The Morgan fingerprint density at radius 3 is 2.85 bits per heavy atom. The van der Waals surface area contributed by atoms with Crippen molar-refractivity contribution in [2.24, 2.45) is 0 Å². The highest BCUT2D eigenvalue weighted by Crippen LogP contribution is 2.31. The lowest BCUT2D eigenvalue weighted by atomic mass is 10.1. The van der Waals surface area contributed by atoms with Crippen molar-refractivity contribution in [3.05, 3.63) is 57.6 Å². The Labute approximate surface area is 157 Å². The predicted octanol–water partition coefficient (Wildman–Crippen LogP) is 2.34. The van der Waals surface area contributed by atoms with Crippen molar-refractivity contribution in [3.63, 3.8) is 0 Å². The maximum Gasteiger partial charge on any atom is 0.272 e. The Morgan fingerprint density at radius 1 is 1.22 bits per heavy atom. The van der Waals surface area contributed by atoms with Crippen LogP contribution in [-0.2, 0) is 6.54 Å². The molecule has 3 aromatic rings. The number of H-pyrrole nitrogens is 1. The van der Waals surface area contributed by atoms with E-state index in [0.717, 1.165) is 54.5 Å². The number of hydrogen-bond donors (Lipinski definition) is 1. The number of aromatic nitrogens is 3. The molecule has 7 heteroatoms. The minimum absolute atomic E-state index is 0.0680. The summed E-state index contributed by atoms with van der Waals surface area (Å²) in [6.07, 6.45) is 1.04. The van der Waals surface area contributed by atoms with Gasteiger partial charge in [0.25, 0.3) is 5.56 Å². The summed E-state index contributed by atoms with van der Waals surface area (Å²) in [7, 11) is 3.34. The predicted molar refractivity (Wildman–Crippen MR) is 103 cm³/mol. The largest absolute Gasteiger partial charge is 0.497 e. The van der Waals surface area contributed by atoms with E-state index >= 15 is 0 Å². The Morgan fingerprint density at radius 2 is 2.07 bits per heavy atom. The third-order valence-electron chi connectivity index (χ3n) is 5.20. The van der Waals surface area contributed by atoms with Crippen molar-refractivity contribution in [1.82, 2.24) is 19.5 Å². The van der Waals surface area contributed by atoms with Crippen molar-refractivity contribution in [2.45, 2.75) is 25.8 Å². The van der Waals surface area contributed by atoms with Gasteiger partial charge >= 0.3 is 0 Å². The molecule has 1 N–H and O–H groups in total.